The van der Waals surface area contributed by atoms with E-state index in [1.54, 1.807) is 0 Å². The van der Waals surface area contributed by atoms with Gasteiger partial charge >= 0.3 is 0 Å². The number of benzene rings is 1. The van der Waals surface area contributed by atoms with Crippen LogP contribution in [0.3, 0.4) is 0 Å². The molecule has 18 heavy (non-hydrogen) atoms. The fraction of sp³-hybridized carbons (Fsp3) is 0.400. The summed E-state index contributed by atoms with van der Waals surface area (Å²) in [6.45, 7) is 4.23. The molecule has 0 bridgehead atoms. The predicted molar refractivity (Wildman–Crippen MR) is 74.4 cm³/mol. The highest BCUT2D eigenvalue weighted by atomic mass is 15.0. The van der Waals surface area contributed by atoms with E-state index in [2.05, 4.69) is 41.6 Å². The lowest BCUT2D eigenvalue weighted by Gasteiger charge is -2.15. The molecule has 0 spiro atoms. The van der Waals surface area contributed by atoms with Crippen LogP contribution in [0.1, 0.15) is 35.0 Å². The van der Waals surface area contributed by atoms with Gasteiger partial charge in [-0.15, -0.1) is 0 Å². The van der Waals surface area contributed by atoms with Crippen molar-refractivity contribution in [3.8, 4) is 0 Å². The number of aryl methyl sites for hydroxylation is 4. The molecule has 0 saturated heterocycles. The van der Waals surface area contributed by atoms with Crippen molar-refractivity contribution in [2.24, 2.45) is 12.8 Å². The molecule has 0 aliphatic carbocycles. The molecule has 0 amide bonds. The van der Waals surface area contributed by atoms with Gasteiger partial charge in [-0.2, -0.15) is 0 Å². The summed E-state index contributed by atoms with van der Waals surface area (Å²) in [5, 5.41) is 0. The summed E-state index contributed by atoms with van der Waals surface area (Å²) in [7, 11) is 2.02. The van der Waals surface area contributed by atoms with Gasteiger partial charge < -0.3 is 10.3 Å². The molecule has 0 aliphatic rings. The van der Waals surface area contributed by atoms with E-state index in [4.69, 9.17) is 5.73 Å². The minimum Gasteiger partial charge on any atom is -0.338 e. The minimum atomic E-state index is 0.0848. The summed E-state index contributed by atoms with van der Waals surface area (Å²) in [6.07, 6.45) is 5.64. The molecule has 0 saturated carbocycles. The van der Waals surface area contributed by atoms with Gasteiger partial charge in [0.15, 0.2) is 0 Å². The first kappa shape index (κ1) is 12.8. The Kier molecular flexibility index (Phi) is 3.82. The number of nitrogens with two attached hydrogens (primary N) is 1. The van der Waals surface area contributed by atoms with Crippen LogP contribution in [0.2, 0.25) is 0 Å². The number of nitrogens with zero attached hydrogens (tertiary/aromatic N) is 2. The Labute approximate surface area is 109 Å². The topological polar surface area (TPSA) is 43.8 Å². The van der Waals surface area contributed by atoms with Gasteiger partial charge in [0.05, 0.1) is 0 Å². The highest BCUT2D eigenvalue weighted by Crippen LogP contribution is 2.21. The van der Waals surface area contributed by atoms with E-state index >= 15 is 0 Å². The van der Waals surface area contributed by atoms with Crippen LogP contribution < -0.4 is 5.73 Å². The van der Waals surface area contributed by atoms with Gasteiger partial charge in [0.25, 0.3) is 0 Å². The third kappa shape index (κ3) is 2.79. The van der Waals surface area contributed by atoms with Crippen LogP contribution in [-0.4, -0.2) is 9.55 Å². The predicted octanol–water partition coefficient (Wildman–Crippen LogP) is 2.67. The van der Waals surface area contributed by atoms with Crippen molar-refractivity contribution in [3.63, 3.8) is 0 Å². The molecule has 1 atom stereocenters. The molecule has 1 unspecified atom stereocenters. The number of imidazole rings is 1. The molecular weight excluding hydrogens is 222 g/mol. The first-order valence-electron chi connectivity index (χ1n) is 6.37. The summed E-state index contributed by atoms with van der Waals surface area (Å²) in [6, 6.07) is 6.55. The number of rotatable bonds is 4. The van der Waals surface area contributed by atoms with Crippen molar-refractivity contribution >= 4 is 0 Å². The van der Waals surface area contributed by atoms with Gasteiger partial charge in [-0.1, -0.05) is 23.8 Å². The molecule has 0 radical (unpaired) electrons. The van der Waals surface area contributed by atoms with E-state index < -0.39 is 0 Å². The molecule has 2 aromatic rings. The van der Waals surface area contributed by atoms with E-state index in [1.165, 1.54) is 16.7 Å². The molecule has 96 valence electrons. The SMILES string of the molecule is Cc1ccc(C)c(C(N)CCc2nccn2C)c1. The maximum absolute atomic E-state index is 6.29. The van der Waals surface area contributed by atoms with E-state index in [0.717, 1.165) is 18.7 Å². The lowest BCUT2D eigenvalue weighted by Crippen LogP contribution is -2.14. The van der Waals surface area contributed by atoms with Crippen LogP contribution in [0.4, 0.5) is 0 Å². The molecule has 3 heteroatoms. The Morgan fingerprint density at radius 2 is 2.11 bits per heavy atom. The van der Waals surface area contributed by atoms with E-state index in [-0.39, 0.29) is 6.04 Å². The molecule has 0 aliphatic heterocycles. The van der Waals surface area contributed by atoms with Crippen molar-refractivity contribution in [3.05, 3.63) is 53.1 Å². The Bertz CT molecular complexity index is 528. The van der Waals surface area contributed by atoms with Crippen LogP contribution >= 0.6 is 0 Å². The molecule has 2 rings (SSSR count). The van der Waals surface area contributed by atoms with Crippen molar-refractivity contribution in [2.75, 3.05) is 0 Å². The van der Waals surface area contributed by atoms with Crippen LogP contribution in [0.5, 0.6) is 0 Å². The smallest absolute Gasteiger partial charge is 0.108 e. The first-order valence-corrected chi connectivity index (χ1v) is 6.37. The third-order valence-electron chi connectivity index (χ3n) is 3.43. The highest BCUT2D eigenvalue weighted by molar-refractivity contribution is 5.32. The average molecular weight is 243 g/mol. The maximum Gasteiger partial charge on any atom is 0.108 e. The number of hydrogen-bond donors (Lipinski definition) is 1. The van der Waals surface area contributed by atoms with Crippen LogP contribution in [0.25, 0.3) is 0 Å². The van der Waals surface area contributed by atoms with Crippen LogP contribution in [0.15, 0.2) is 30.6 Å². The Balaban J connectivity index is 2.06. The normalized spacial score (nSPS) is 12.7. The van der Waals surface area contributed by atoms with Gasteiger partial charge in [0.2, 0.25) is 0 Å². The Morgan fingerprint density at radius 1 is 1.33 bits per heavy atom. The summed E-state index contributed by atoms with van der Waals surface area (Å²) in [4.78, 5) is 4.33. The van der Waals surface area contributed by atoms with Gasteiger partial charge in [0.1, 0.15) is 5.82 Å². The van der Waals surface area contributed by atoms with E-state index in [9.17, 15) is 0 Å². The second-order valence-electron chi connectivity index (χ2n) is 4.96. The third-order valence-corrected chi connectivity index (χ3v) is 3.43. The van der Waals surface area contributed by atoms with Gasteiger partial charge in [-0.25, -0.2) is 4.98 Å². The lowest BCUT2D eigenvalue weighted by atomic mass is 9.96. The van der Waals surface area contributed by atoms with Crippen LogP contribution in [-0.2, 0) is 13.5 Å². The highest BCUT2D eigenvalue weighted by Gasteiger charge is 2.10. The largest absolute Gasteiger partial charge is 0.338 e. The molecule has 2 N–H and O–H groups in total. The fourth-order valence-electron chi connectivity index (χ4n) is 2.24. The molecule has 1 aromatic carbocycles. The molecule has 3 nitrogen and oxygen atoms in total. The average Bonchev–Trinajstić information content (AvgIpc) is 2.75. The number of hydrogen-bond acceptors (Lipinski definition) is 2. The minimum absolute atomic E-state index is 0.0848. The zero-order valence-corrected chi connectivity index (χ0v) is 11.4. The fourth-order valence-corrected chi connectivity index (χ4v) is 2.24. The molecule has 1 aromatic heterocycles. The molecular formula is C15H21N3. The standard InChI is InChI=1S/C15H21N3/c1-11-4-5-12(2)13(10-11)14(16)6-7-15-17-8-9-18(15)3/h4-5,8-10,14H,6-7,16H2,1-3H3. The zero-order chi connectivity index (χ0) is 13.1. The summed E-state index contributed by atoms with van der Waals surface area (Å²) < 4.78 is 2.05. The zero-order valence-electron chi connectivity index (χ0n) is 11.4. The van der Waals surface area contributed by atoms with E-state index in [0.29, 0.717) is 0 Å². The second kappa shape index (κ2) is 5.36. The number of aromatic nitrogens is 2. The molecule has 0 fully saturated rings. The van der Waals surface area contributed by atoms with Gasteiger partial charge in [0, 0.05) is 31.9 Å². The maximum atomic E-state index is 6.29. The second-order valence-corrected chi connectivity index (χ2v) is 4.96. The quantitative estimate of drug-likeness (QED) is 0.897. The molecule has 1 heterocycles. The van der Waals surface area contributed by atoms with Crippen molar-refractivity contribution in [1.82, 2.24) is 9.55 Å². The van der Waals surface area contributed by atoms with Crippen LogP contribution in [0, 0.1) is 13.8 Å². The summed E-state index contributed by atoms with van der Waals surface area (Å²) in [5.74, 6) is 1.09. The monoisotopic (exact) mass is 243 g/mol. The van der Waals surface area contributed by atoms with Gasteiger partial charge in [-0.05, 0) is 31.4 Å². The lowest BCUT2D eigenvalue weighted by molar-refractivity contribution is 0.618. The van der Waals surface area contributed by atoms with Crippen molar-refractivity contribution in [2.45, 2.75) is 32.7 Å². The Hall–Kier alpha value is -1.61. The Morgan fingerprint density at radius 3 is 2.78 bits per heavy atom. The van der Waals surface area contributed by atoms with Crippen molar-refractivity contribution in [1.29, 1.82) is 0 Å². The summed E-state index contributed by atoms with van der Waals surface area (Å²) in [5.41, 5.74) is 10.1. The summed E-state index contributed by atoms with van der Waals surface area (Å²) >= 11 is 0. The van der Waals surface area contributed by atoms with E-state index in [1.807, 2.05) is 19.4 Å². The van der Waals surface area contributed by atoms with Gasteiger partial charge in [-0.3, -0.25) is 0 Å². The first-order chi connectivity index (χ1) is 8.58. The van der Waals surface area contributed by atoms with Crippen molar-refractivity contribution < 1.29 is 0 Å².